The Hall–Kier alpha value is -1.07. The van der Waals surface area contributed by atoms with Crippen molar-refractivity contribution in [1.29, 1.82) is 0 Å². The lowest BCUT2D eigenvalue weighted by molar-refractivity contribution is -0.132. The molecule has 2 heterocycles. The van der Waals surface area contributed by atoms with Crippen molar-refractivity contribution in [2.75, 3.05) is 39.3 Å². The quantitative estimate of drug-likeness (QED) is 0.374. The first kappa shape index (κ1) is 23.2. The minimum atomic E-state index is -4.19. The summed E-state index contributed by atoms with van der Waals surface area (Å²) in [5.74, 6) is 0.541. The number of nitrogens with one attached hydrogen (secondary N) is 1. The Morgan fingerprint density at radius 1 is 1.25 bits per heavy atom. The van der Waals surface area contributed by atoms with Crippen molar-refractivity contribution in [2.24, 2.45) is 4.99 Å². The molecule has 0 saturated carbocycles. The molecule has 158 valence electrons. The molecular formula is C19H28F3IN4O. The average Bonchev–Trinajstić information content (AvgIpc) is 3.06. The van der Waals surface area contributed by atoms with E-state index in [1.807, 2.05) is 30.0 Å². The number of fused-ring (bicyclic) bond motifs is 1. The summed E-state index contributed by atoms with van der Waals surface area (Å²) in [5.41, 5.74) is 1.25. The van der Waals surface area contributed by atoms with E-state index in [4.69, 9.17) is 4.74 Å². The van der Waals surface area contributed by atoms with Crippen LogP contribution in [-0.2, 0) is 11.3 Å². The summed E-state index contributed by atoms with van der Waals surface area (Å²) in [6.07, 6.45) is -5.04. The van der Waals surface area contributed by atoms with Gasteiger partial charge in [0.15, 0.2) is 5.96 Å². The molecule has 1 aromatic rings. The van der Waals surface area contributed by atoms with Gasteiger partial charge >= 0.3 is 6.18 Å². The number of hydrogen-bond donors (Lipinski definition) is 1. The second-order valence-corrected chi connectivity index (χ2v) is 6.94. The highest BCUT2D eigenvalue weighted by atomic mass is 127. The summed E-state index contributed by atoms with van der Waals surface area (Å²) in [5, 5.41) is 3.12. The molecule has 2 unspecified atom stereocenters. The van der Waals surface area contributed by atoms with Crippen LogP contribution in [0.4, 0.5) is 13.2 Å². The lowest BCUT2D eigenvalue weighted by atomic mass is 10.1. The Bertz CT molecular complexity index is 629. The largest absolute Gasteiger partial charge is 0.390 e. The number of rotatable bonds is 5. The normalized spacial score (nSPS) is 23.3. The van der Waals surface area contributed by atoms with E-state index >= 15 is 0 Å². The molecule has 2 fully saturated rings. The highest BCUT2D eigenvalue weighted by Crippen LogP contribution is 2.25. The van der Waals surface area contributed by atoms with Crippen molar-refractivity contribution in [3.8, 4) is 0 Å². The summed E-state index contributed by atoms with van der Waals surface area (Å²) >= 11 is 0. The van der Waals surface area contributed by atoms with Gasteiger partial charge in [-0.05, 0) is 12.5 Å². The predicted molar refractivity (Wildman–Crippen MR) is 114 cm³/mol. The molecule has 0 bridgehead atoms. The fourth-order valence-electron chi connectivity index (χ4n) is 3.66. The van der Waals surface area contributed by atoms with E-state index in [1.165, 1.54) is 5.56 Å². The molecule has 0 spiro atoms. The Morgan fingerprint density at radius 2 is 2.00 bits per heavy atom. The van der Waals surface area contributed by atoms with E-state index in [1.54, 1.807) is 0 Å². The van der Waals surface area contributed by atoms with Gasteiger partial charge < -0.3 is 15.0 Å². The number of ether oxygens (including phenoxy) is 1. The van der Waals surface area contributed by atoms with Crippen LogP contribution in [0.15, 0.2) is 35.3 Å². The van der Waals surface area contributed by atoms with E-state index in [0.29, 0.717) is 32.2 Å². The molecule has 1 aromatic carbocycles. The summed E-state index contributed by atoms with van der Waals surface area (Å²) in [4.78, 5) is 8.62. The molecule has 28 heavy (non-hydrogen) atoms. The molecule has 0 radical (unpaired) electrons. The first-order valence-electron chi connectivity index (χ1n) is 9.46. The van der Waals surface area contributed by atoms with Crippen molar-refractivity contribution in [1.82, 2.24) is 15.1 Å². The number of alkyl halides is 3. The second-order valence-electron chi connectivity index (χ2n) is 6.94. The molecule has 0 aromatic heterocycles. The van der Waals surface area contributed by atoms with Crippen molar-refractivity contribution >= 4 is 29.9 Å². The lowest BCUT2D eigenvalue weighted by Crippen LogP contribution is -2.50. The van der Waals surface area contributed by atoms with Crippen LogP contribution in [0, 0.1) is 0 Å². The number of guanidine groups is 1. The zero-order valence-electron chi connectivity index (χ0n) is 16.0. The van der Waals surface area contributed by atoms with Gasteiger partial charge in [-0.1, -0.05) is 30.3 Å². The number of hydrogen-bond acceptors (Lipinski definition) is 3. The maximum atomic E-state index is 12.4. The van der Waals surface area contributed by atoms with Gasteiger partial charge in [0, 0.05) is 32.7 Å². The van der Waals surface area contributed by atoms with Gasteiger partial charge in [0.2, 0.25) is 0 Å². The molecule has 2 aliphatic heterocycles. The summed E-state index contributed by atoms with van der Waals surface area (Å²) < 4.78 is 43.3. The van der Waals surface area contributed by atoms with Gasteiger partial charge in [0.05, 0.1) is 31.7 Å². The van der Waals surface area contributed by atoms with Crippen LogP contribution in [0.2, 0.25) is 0 Å². The minimum Gasteiger partial charge on any atom is -0.373 e. The molecule has 2 atom stereocenters. The zero-order valence-corrected chi connectivity index (χ0v) is 18.3. The Morgan fingerprint density at radius 3 is 2.68 bits per heavy atom. The number of likely N-dealkylation sites (tertiary alicyclic amines) is 1. The van der Waals surface area contributed by atoms with E-state index in [9.17, 15) is 13.2 Å². The molecule has 2 saturated heterocycles. The number of aliphatic imine (C=N–C) groups is 1. The van der Waals surface area contributed by atoms with Crippen LogP contribution < -0.4 is 5.32 Å². The molecule has 0 aliphatic carbocycles. The first-order chi connectivity index (χ1) is 13.0. The number of benzene rings is 1. The highest BCUT2D eigenvalue weighted by molar-refractivity contribution is 14.0. The second kappa shape index (κ2) is 10.6. The SMILES string of the molecule is CCNC(=NCCC(F)(F)F)N1CC2OCCN(Cc3ccccc3)C2C1.I. The van der Waals surface area contributed by atoms with E-state index in [-0.39, 0.29) is 42.7 Å². The van der Waals surface area contributed by atoms with Gasteiger partial charge in [-0.15, -0.1) is 24.0 Å². The molecule has 2 aliphatic rings. The third kappa shape index (κ3) is 6.48. The van der Waals surface area contributed by atoms with Crippen molar-refractivity contribution in [3.63, 3.8) is 0 Å². The maximum Gasteiger partial charge on any atom is 0.390 e. The fraction of sp³-hybridized carbons (Fsp3) is 0.632. The summed E-state index contributed by atoms with van der Waals surface area (Å²) in [6.45, 7) is 6.00. The van der Waals surface area contributed by atoms with Gasteiger partial charge in [0.1, 0.15) is 0 Å². The third-order valence-corrected chi connectivity index (χ3v) is 4.94. The average molecular weight is 512 g/mol. The van der Waals surface area contributed by atoms with Crippen LogP contribution in [-0.4, -0.2) is 73.4 Å². The summed E-state index contributed by atoms with van der Waals surface area (Å²) in [7, 11) is 0. The van der Waals surface area contributed by atoms with E-state index < -0.39 is 12.6 Å². The van der Waals surface area contributed by atoms with Crippen LogP contribution >= 0.6 is 24.0 Å². The first-order valence-corrected chi connectivity index (χ1v) is 9.46. The van der Waals surface area contributed by atoms with Crippen molar-refractivity contribution < 1.29 is 17.9 Å². The Kier molecular flexibility index (Phi) is 8.81. The molecule has 1 N–H and O–H groups in total. The third-order valence-electron chi connectivity index (χ3n) is 4.94. The van der Waals surface area contributed by atoms with Gasteiger partial charge in [0.25, 0.3) is 0 Å². The summed E-state index contributed by atoms with van der Waals surface area (Å²) in [6, 6.07) is 10.5. The number of nitrogens with zero attached hydrogens (tertiary/aromatic N) is 3. The van der Waals surface area contributed by atoms with Crippen LogP contribution in [0.3, 0.4) is 0 Å². The van der Waals surface area contributed by atoms with Crippen LogP contribution in [0.1, 0.15) is 18.9 Å². The van der Waals surface area contributed by atoms with Gasteiger partial charge in [-0.3, -0.25) is 9.89 Å². The van der Waals surface area contributed by atoms with Gasteiger partial charge in [-0.25, -0.2) is 0 Å². The van der Waals surface area contributed by atoms with Crippen molar-refractivity contribution in [3.05, 3.63) is 35.9 Å². The fourth-order valence-corrected chi connectivity index (χ4v) is 3.66. The van der Waals surface area contributed by atoms with E-state index in [2.05, 4.69) is 27.3 Å². The number of morpholine rings is 1. The minimum absolute atomic E-state index is 0. The van der Waals surface area contributed by atoms with E-state index in [0.717, 1.165) is 13.1 Å². The van der Waals surface area contributed by atoms with Crippen LogP contribution in [0.5, 0.6) is 0 Å². The Balaban J connectivity index is 0.00000280. The topological polar surface area (TPSA) is 40.1 Å². The highest BCUT2D eigenvalue weighted by Gasteiger charge is 2.41. The Labute approximate surface area is 181 Å². The molecule has 0 amide bonds. The molecule has 9 heteroatoms. The maximum absolute atomic E-state index is 12.4. The van der Waals surface area contributed by atoms with Crippen LogP contribution in [0.25, 0.3) is 0 Å². The zero-order chi connectivity index (χ0) is 19.3. The standard InChI is InChI=1S/C19H27F3N4O.HI/c1-2-23-18(24-9-8-19(20,21)22)26-13-16-17(14-26)27-11-10-25(16)12-15-6-4-3-5-7-15;/h3-7,16-17H,2,8-14H2,1H3,(H,23,24);1H. The lowest BCUT2D eigenvalue weighted by Gasteiger charge is -2.36. The molecule has 5 nitrogen and oxygen atoms in total. The number of halogens is 4. The van der Waals surface area contributed by atoms with Gasteiger partial charge in [-0.2, -0.15) is 13.2 Å². The van der Waals surface area contributed by atoms with Crippen molar-refractivity contribution in [2.45, 2.75) is 38.2 Å². The predicted octanol–water partition coefficient (Wildman–Crippen LogP) is 3.11. The monoisotopic (exact) mass is 512 g/mol. The molecular weight excluding hydrogens is 484 g/mol. The smallest absolute Gasteiger partial charge is 0.373 e. The molecule has 3 rings (SSSR count).